The standard InChI is InChI=1S/C12H21N3S/c1-9(2)15-4-3-10(7-15)5-12-14-11(6-13)8-16-12/h8-10H,3-7,13H2,1-2H3. The van der Waals surface area contributed by atoms with Gasteiger partial charge in [-0.05, 0) is 32.7 Å². The Morgan fingerprint density at radius 1 is 1.62 bits per heavy atom. The molecular weight excluding hydrogens is 218 g/mol. The van der Waals surface area contributed by atoms with Crippen LogP contribution < -0.4 is 5.73 Å². The van der Waals surface area contributed by atoms with Gasteiger partial charge in [0.25, 0.3) is 0 Å². The Bertz CT molecular complexity index is 335. The molecule has 0 aliphatic carbocycles. The van der Waals surface area contributed by atoms with Crippen molar-refractivity contribution in [1.82, 2.24) is 9.88 Å². The highest BCUT2D eigenvalue weighted by Crippen LogP contribution is 2.23. The highest BCUT2D eigenvalue weighted by atomic mass is 32.1. The van der Waals surface area contributed by atoms with Crippen LogP contribution in [-0.2, 0) is 13.0 Å². The zero-order valence-corrected chi connectivity index (χ0v) is 11.0. The average Bonchev–Trinajstić information content (AvgIpc) is 2.87. The molecule has 90 valence electrons. The summed E-state index contributed by atoms with van der Waals surface area (Å²) in [6.07, 6.45) is 2.45. The van der Waals surface area contributed by atoms with Gasteiger partial charge in [-0.1, -0.05) is 0 Å². The number of hydrogen-bond donors (Lipinski definition) is 1. The summed E-state index contributed by atoms with van der Waals surface area (Å²) >= 11 is 1.76. The Hall–Kier alpha value is -0.450. The van der Waals surface area contributed by atoms with Crippen LogP contribution in [0.5, 0.6) is 0 Å². The zero-order valence-electron chi connectivity index (χ0n) is 10.1. The lowest BCUT2D eigenvalue weighted by molar-refractivity contribution is 0.265. The van der Waals surface area contributed by atoms with Gasteiger partial charge in [-0.25, -0.2) is 4.98 Å². The van der Waals surface area contributed by atoms with Crippen molar-refractivity contribution in [2.24, 2.45) is 11.7 Å². The molecule has 1 aromatic rings. The number of thiazole rings is 1. The summed E-state index contributed by atoms with van der Waals surface area (Å²) in [5, 5.41) is 3.35. The lowest BCUT2D eigenvalue weighted by Crippen LogP contribution is -2.28. The molecule has 2 heterocycles. The number of nitrogens with zero attached hydrogens (tertiary/aromatic N) is 2. The Labute approximate surface area is 102 Å². The first-order valence-electron chi connectivity index (χ1n) is 6.06. The van der Waals surface area contributed by atoms with Crippen molar-refractivity contribution >= 4 is 11.3 Å². The fraction of sp³-hybridized carbons (Fsp3) is 0.750. The molecule has 0 amide bonds. The van der Waals surface area contributed by atoms with Crippen molar-refractivity contribution in [3.63, 3.8) is 0 Å². The molecule has 4 heteroatoms. The van der Waals surface area contributed by atoms with Crippen LogP contribution in [0, 0.1) is 5.92 Å². The Balaban J connectivity index is 1.87. The van der Waals surface area contributed by atoms with Crippen LogP contribution in [0.1, 0.15) is 31.0 Å². The molecule has 3 nitrogen and oxygen atoms in total. The van der Waals surface area contributed by atoms with Crippen molar-refractivity contribution < 1.29 is 0 Å². The SMILES string of the molecule is CC(C)N1CCC(Cc2nc(CN)cs2)C1. The highest BCUT2D eigenvalue weighted by molar-refractivity contribution is 7.09. The Morgan fingerprint density at radius 3 is 3.00 bits per heavy atom. The molecule has 1 saturated heterocycles. The van der Waals surface area contributed by atoms with Crippen molar-refractivity contribution in [1.29, 1.82) is 0 Å². The minimum Gasteiger partial charge on any atom is -0.325 e. The van der Waals surface area contributed by atoms with Gasteiger partial charge in [0.2, 0.25) is 0 Å². The average molecular weight is 239 g/mol. The van der Waals surface area contributed by atoms with E-state index in [-0.39, 0.29) is 0 Å². The van der Waals surface area contributed by atoms with Gasteiger partial charge in [0.05, 0.1) is 10.7 Å². The van der Waals surface area contributed by atoms with Gasteiger partial charge in [0.15, 0.2) is 0 Å². The van der Waals surface area contributed by atoms with E-state index >= 15 is 0 Å². The van der Waals surface area contributed by atoms with Gasteiger partial charge in [-0.3, -0.25) is 0 Å². The van der Waals surface area contributed by atoms with E-state index in [1.807, 2.05) is 0 Å². The van der Waals surface area contributed by atoms with E-state index in [1.165, 1.54) is 24.5 Å². The van der Waals surface area contributed by atoms with Gasteiger partial charge in [-0.15, -0.1) is 11.3 Å². The Kier molecular flexibility index (Phi) is 3.95. The van der Waals surface area contributed by atoms with E-state index in [9.17, 15) is 0 Å². The van der Waals surface area contributed by atoms with E-state index in [4.69, 9.17) is 5.73 Å². The first-order valence-corrected chi connectivity index (χ1v) is 6.94. The highest BCUT2D eigenvalue weighted by Gasteiger charge is 2.24. The van der Waals surface area contributed by atoms with Gasteiger partial charge in [0.1, 0.15) is 0 Å². The zero-order chi connectivity index (χ0) is 11.5. The summed E-state index contributed by atoms with van der Waals surface area (Å²) in [5.41, 5.74) is 6.61. The first kappa shape index (κ1) is 12.0. The molecule has 2 N–H and O–H groups in total. The smallest absolute Gasteiger partial charge is 0.0932 e. The third-order valence-electron chi connectivity index (χ3n) is 3.32. The fourth-order valence-corrected chi connectivity index (χ4v) is 3.20. The van der Waals surface area contributed by atoms with Gasteiger partial charge in [0, 0.05) is 30.9 Å². The molecular formula is C12H21N3S. The third-order valence-corrected chi connectivity index (χ3v) is 4.24. The molecule has 1 aromatic heterocycles. The van der Waals surface area contributed by atoms with Crippen LogP contribution in [0.4, 0.5) is 0 Å². The summed E-state index contributed by atoms with van der Waals surface area (Å²) in [4.78, 5) is 7.09. The van der Waals surface area contributed by atoms with Crippen LogP contribution in [0.3, 0.4) is 0 Å². The Morgan fingerprint density at radius 2 is 2.44 bits per heavy atom. The third kappa shape index (κ3) is 2.81. The number of likely N-dealkylation sites (tertiary alicyclic amines) is 1. The second-order valence-electron chi connectivity index (χ2n) is 4.88. The molecule has 1 aliphatic heterocycles. The summed E-state index contributed by atoms with van der Waals surface area (Å²) < 4.78 is 0. The van der Waals surface area contributed by atoms with E-state index < -0.39 is 0 Å². The molecule has 2 rings (SSSR count). The number of hydrogen-bond acceptors (Lipinski definition) is 4. The van der Waals surface area contributed by atoms with Gasteiger partial charge < -0.3 is 10.6 Å². The van der Waals surface area contributed by atoms with E-state index in [2.05, 4.69) is 29.1 Å². The maximum atomic E-state index is 5.57. The largest absolute Gasteiger partial charge is 0.325 e. The molecule has 1 unspecified atom stereocenters. The fourth-order valence-electron chi connectivity index (χ4n) is 2.28. The molecule has 0 aromatic carbocycles. The lowest BCUT2D eigenvalue weighted by atomic mass is 10.1. The summed E-state index contributed by atoms with van der Waals surface area (Å²) in [7, 11) is 0. The van der Waals surface area contributed by atoms with Crippen LogP contribution in [-0.4, -0.2) is 29.0 Å². The minimum absolute atomic E-state index is 0.569. The maximum absolute atomic E-state index is 5.57. The maximum Gasteiger partial charge on any atom is 0.0932 e. The summed E-state index contributed by atoms with van der Waals surface area (Å²) in [5.74, 6) is 0.791. The van der Waals surface area contributed by atoms with Crippen molar-refractivity contribution in [3.05, 3.63) is 16.1 Å². The van der Waals surface area contributed by atoms with Crippen LogP contribution in [0.25, 0.3) is 0 Å². The topological polar surface area (TPSA) is 42.2 Å². The van der Waals surface area contributed by atoms with Crippen LogP contribution >= 0.6 is 11.3 Å². The van der Waals surface area contributed by atoms with Crippen molar-refractivity contribution in [2.45, 2.75) is 39.3 Å². The number of nitrogens with two attached hydrogens (primary N) is 1. The predicted octanol–water partition coefficient (Wildman–Crippen LogP) is 1.87. The number of rotatable bonds is 4. The van der Waals surface area contributed by atoms with Gasteiger partial charge in [-0.2, -0.15) is 0 Å². The molecule has 1 aliphatic rings. The summed E-state index contributed by atoms with van der Waals surface area (Å²) in [6, 6.07) is 0.681. The quantitative estimate of drug-likeness (QED) is 0.872. The second-order valence-corrected chi connectivity index (χ2v) is 5.83. The molecule has 0 spiro atoms. The predicted molar refractivity (Wildman–Crippen MR) is 68.5 cm³/mol. The van der Waals surface area contributed by atoms with E-state index in [0.29, 0.717) is 12.6 Å². The summed E-state index contributed by atoms with van der Waals surface area (Å²) in [6.45, 7) is 7.60. The molecule has 0 saturated carbocycles. The normalized spacial score (nSPS) is 22.1. The van der Waals surface area contributed by atoms with Crippen LogP contribution in [0.15, 0.2) is 5.38 Å². The van der Waals surface area contributed by atoms with E-state index in [0.717, 1.165) is 18.0 Å². The van der Waals surface area contributed by atoms with Gasteiger partial charge >= 0.3 is 0 Å². The molecule has 1 fully saturated rings. The molecule has 0 radical (unpaired) electrons. The first-order chi connectivity index (χ1) is 7.69. The molecule has 1 atom stereocenters. The van der Waals surface area contributed by atoms with Crippen molar-refractivity contribution in [3.8, 4) is 0 Å². The number of aromatic nitrogens is 1. The minimum atomic E-state index is 0.569. The molecule has 0 bridgehead atoms. The van der Waals surface area contributed by atoms with Crippen molar-refractivity contribution in [2.75, 3.05) is 13.1 Å². The van der Waals surface area contributed by atoms with E-state index in [1.54, 1.807) is 11.3 Å². The lowest BCUT2D eigenvalue weighted by Gasteiger charge is -2.19. The molecule has 16 heavy (non-hydrogen) atoms. The monoisotopic (exact) mass is 239 g/mol. The second kappa shape index (κ2) is 5.25. The van der Waals surface area contributed by atoms with Crippen LogP contribution in [0.2, 0.25) is 0 Å².